The first-order valence-corrected chi connectivity index (χ1v) is 4.98. The minimum Gasteiger partial charge on any atom is -0.395 e. The largest absolute Gasteiger partial charge is 0.395 e. The summed E-state index contributed by atoms with van der Waals surface area (Å²) < 4.78 is 1.61. The number of fused-ring (bicyclic) bond motifs is 1. The summed E-state index contributed by atoms with van der Waals surface area (Å²) in [6, 6.07) is 0. The van der Waals surface area contributed by atoms with Gasteiger partial charge >= 0.3 is 0 Å². The second-order valence-corrected chi connectivity index (χ2v) is 3.56. The Balaban J connectivity index is 2.63. The van der Waals surface area contributed by atoms with E-state index in [0.29, 0.717) is 17.9 Å². The molecule has 16 heavy (non-hydrogen) atoms. The number of pyridine rings is 1. The van der Waals surface area contributed by atoms with Crippen molar-refractivity contribution in [1.82, 2.24) is 20.0 Å². The standard InChI is InChI=1S/C9H14N6O/c1-5-6(2)15-9(12-13-14-15)7(10)8(5)11-3-4-16/h11,16H,3-4,10H2,1-2H3. The molecule has 0 aliphatic rings. The second kappa shape index (κ2) is 3.93. The quantitative estimate of drug-likeness (QED) is 0.660. The summed E-state index contributed by atoms with van der Waals surface area (Å²) in [4.78, 5) is 0. The van der Waals surface area contributed by atoms with E-state index in [1.807, 2.05) is 13.8 Å². The molecule has 7 nitrogen and oxygen atoms in total. The van der Waals surface area contributed by atoms with Gasteiger partial charge in [-0.05, 0) is 29.8 Å². The molecular weight excluding hydrogens is 208 g/mol. The Labute approximate surface area is 92.3 Å². The molecule has 0 amide bonds. The highest BCUT2D eigenvalue weighted by Crippen LogP contribution is 2.28. The molecule has 0 aliphatic carbocycles. The monoisotopic (exact) mass is 222 g/mol. The molecule has 4 N–H and O–H groups in total. The number of aliphatic hydroxyl groups is 1. The number of hydrogen-bond donors (Lipinski definition) is 3. The van der Waals surface area contributed by atoms with Gasteiger partial charge in [-0.3, -0.25) is 0 Å². The zero-order valence-electron chi connectivity index (χ0n) is 9.23. The first-order chi connectivity index (χ1) is 7.66. The number of anilines is 2. The van der Waals surface area contributed by atoms with Gasteiger partial charge in [0.15, 0.2) is 0 Å². The van der Waals surface area contributed by atoms with Crippen molar-refractivity contribution in [2.24, 2.45) is 0 Å². The van der Waals surface area contributed by atoms with Crippen LogP contribution in [0.1, 0.15) is 11.3 Å². The maximum absolute atomic E-state index is 8.80. The van der Waals surface area contributed by atoms with E-state index in [-0.39, 0.29) is 6.61 Å². The lowest BCUT2D eigenvalue weighted by atomic mass is 10.1. The highest BCUT2D eigenvalue weighted by molar-refractivity contribution is 5.82. The number of nitrogen functional groups attached to an aromatic ring is 1. The zero-order valence-corrected chi connectivity index (χ0v) is 9.23. The summed E-state index contributed by atoms with van der Waals surface area (Å²) in [6.45, 7) is 4.35. The van der Waals surface area contributed by atoms with Crippen LogP contribution >= 0.6 is 0 Å². The van der Waals surface area contributed by atoms with Crippen molar-refractivity contribution in [3.8, 4) is 0 Å². The number of rotatable bonds is 3. The molecule has 0 unspecified atom stereocenters. The molecule has 0 saturated heterocycles. The zero-order chi connectivity index (χ0) is 11.7. The number of aromatic nitrogens is 4. The fourth-order valence-corrected chi connectivity index (χ4v) is 1.64. The molecule has 2 rings (SSSR count). The number of tetrazole rings is 1. The fraction of sp³-hybridized carbons (Fsp3) is 0.444. The van der Waals surface area contributed by atoms with Crippen molar-refractivity contribution in [2.75, 3.05) is 24.2 Å². The van der Waals surface area contributed by atoms with Crippen LogP contribution in [0.15, 0.2) is 0 Å². The molecular formula is C9H14N6O. The highest BCUT2D eigenvalue weighted by Gasteiger charge is 2.14. The molecule has 2 aromatic heterocycles. The predicted octanol–water partition coefficient (Wildman–Crippen LogP) is -0.272. The minimum atomic E-state index is 0.0497. The van der Waals surface area contributed by atoms with Crippen LogP contribution in [0.2, 0.25) is 0 Å². The van der Waals surface area contributed by atoms with Crippen molar-refractivity contribution in [3.63, 3.8) is 0 Å². The van der Waals surface area contributed by atoms with E-state index in [0.717, 1.165) is 16.9 Å². The summed E-state index contributed by atoms with van der Waals surface area (Å²) in [7, 11) is 0. The third kappa shape index (κ3) is 1.45. The van der Waals surface area contributed by atoms with Crippen LogP contribution in [-0.2, 0) is 0 Å². The van der Waals surface area contributed by atoms with Crippen LogP contribution in [0.25, 0.3) is 5.65 Å². The van der Waals surface area contributed by atoms with E-state index in [2.05, 4.69) is 20.8 Å². The summed E-state index contributed by atoms with van der Waals surface area (Å²) in [5.74, 6) is 0. The van der Waals surface area contributed by atoms with Crippen molar-refractivity contribution in [1.29, 1.82) is 0 Å². The average Bonchev–Trinajstić information content (AvgIpc) is 2.75. The summed E-state index contributed by atoms with van der Waals surface area (Å²) in [5, 5.41) is 23.2. The van der Waals surface area contributed by atoms with E-state index in [1.165, 1.54) is 0 Å². The maximum atomic E-state index is 8.80. The Morgan fingerprint density at radius 1 is 1.44 bits per heavy atom. The van der Waals surface area contributed by atoms with Gasteiger partial charge in [0.25, 0.3) is 0 Å². The highest BCUT2D eigenvalue weighted by atomic mass is 16.3. The fourth-order valence-electron chi connectivity index (χ4n) is 1.64. The van der Waals surface area contributed by atoms with Gasteiger partial charge < -0.3 is 16.2 Å². The maximum Gasteiger partial charge on any atom is 0.204 e. The number of nitrogens with two attached hydrogens (primary N) is 1. The molecule has 0 saturated carbocycles. The van der Waals surface area contributed by atoms with Crippen LogP contribution in [-0.4, -0.2) is 38.3 Å². The summed E-state index contributed by atoms with van der Waals surface area (Å²) >= 11 is 0. The third-order valence-corrected chi connectivity index (χ3v) is 2.63. The van der Waals surface area contributed by atoms with Crippen LogP contribution in [0, 0.1) is 13.8 Å². The Hall–Kier alpha value is -1.89. The number of aliphatic hydroxyl groups excluding tert-OH is 1. The first kappa shape index (κ1) is 10.6. The van der Waals surface area contributed by atoms with E-state index in [4.69, 9.17) is 10.8 Å². The van der Waals surface area contributed by atoms with Crippen LogP contribution in [0.5, 0.6) is 0 Å². The normalized spacial score (nSPS) is 10.9. The van der Waals surface area contributed by atoms with Gasteiger partial charge in [-0.25, -0.2) is 0 Å². The molecule has 0 aromatic carbocycles. The third-order valence-electron chi connectivity index (χ3n) is 2.63. The molecule has 0 aliphatic heterocycles. The van der Waals surface area contributed by atoms with Gasteiger partial charge in [0.05, 0.1) is 12.3 Å². The van der Waals surface area contributed by atoms with Gasteiger partial charge in [0.1, 0.15) is 5.69 Å². The summed E-state index contributed by atoms with van der Waals surface area (Å²) in [6.07, 6.45) is 0. The second-order valence-electron chi connectivity index (χ2n) is 3.56. The van der Waals surface area contributed by atoms with Gasteiger partial charge in [-0.15, -0.1) is 5.10 Å². The minimum absolute atomic E-state index is 0.0497. The molecule has 0 fully saturated rings. The van der Waals surface area contributed by atoms with Crippen molar-refractivity contribution in [2.45, 2.75) is 13.8 Å². The molecule has 2 heterocycles. The Morgan fingerprint density at radius 3 is 2.88 bits per heavy atom. The van der Waals surface area contributed by atoms with Gasteiger partial charge in [-0.2, -0.15) is 4.52 Å². The van der Waals surface area contributed by atoms with Gasteiger partial charge in [-0.1, -0.05) is 0 Å². The summed E-state index contributed by atoms with van der Waals surface area (Å²) in [5.41, 5.74) is 9.69. The molecule has 0 radical (unpaired) electrons. The molecule has 0 spiro atoms. The van der Waals surface area contributed by atoms with E-state index in [1.54, 1.807) is 4.52 Å². The Bertz CT molecular complexity index is 520. The Kier molecular flexibility index (Phi) is 2.61. The molecule has 0 atom stereocenters. The molecule has 0 bridgehead atoms. The van der Waals surface area contributed by atoms with Gasteiger partial charge in [0, 0.05) is 12.2 Å². The number of hydrogen-bond acceptors (Lipinski definition) is 6. The van der Waals surface area contributed by atoms with Crippen molar-refractivity contribution < 1.29 is 5.11 Å². The van der Waals surface area contributed by atoms with Crippen LogP contribution < -0.4 is 11.1 Å². The van der Waals surface area contributed by atoms with Crippen molar-refractivity contribution >= 4 is 17.0 Å². The topological polar surface area (TPSA) is 101 Å². The number of aryl methyl sites for hydroxylation is 1. The van der Waals surface area contributed by atoms with Crippen LogP contribution in [0.3, 0.4) is 0 Å². The molecule has 2 aromatic rings. The van der Waals surface area contributed by atoms with Crippen LogP contribution in [0.4, 0.5) is 11.4 Å². The average molecular weight is 222 g/mol. The number of nitrogens with zero attached hydrogens (tertiary/aromatic N) is 4. The molecule has 86 valence electrons. The SMILES string of the molecule is Cc1c(NCCO)c(N)c2nnnn2c1C. The van der Waals surface area contributed by atoms with Gasteiger partial charge in [0.2, 0.25) is 5.65 Å². The van der Waals surface area contributed by atoms with Crippen molar-refractivity contribution in [3.05, 3.63) is 11.3 Å². The lowest BCUT2D eigenvalue weighted by Gasteiger charge is -2.14. The Morgan fingerprint density at radius 2 is 2.19 bits per heavy atom. The van der Waals surface area contributed by atoms with E-state index in [9.17, 15) is 0 Å². The van der Waals surface area contributed by atoms with E-state index >= 15 is 0 Å². The number of nitrogens with one attached hydrogen (secondary N) is 1. The lowest BCUT2D eigenvalue weighted by molar-refractivity contribution is 0.311. The first-order valence-electron chi connectivity index (χ1n) is 4.98. The smallest absolute Gasteiger partial charge is 0.204 e. The lowest BCUT2D eigenvalue weighted by Crippen LogP contribution is -2.12. The molecule has 7 heteroatoms. The van der Waals surface area contributed by atoms with E-state index < -0.39 is 0 Å². The predicted molar refractivity (Wildman–Crippen MR) is 60.2 cm³/mol.